The number of amides is 3. The van der Waals surface area contributed by atoms with Crippen molar-refractivity contribution >= 4 is 23.5 Å². The summed E-state index contributed by atoms with van der Waals surface area (Å²) in [5.74, 6) is -1.37. The lowest BCUT2D eigenvalue weighted by molar-refractivity contribution is 0.0688. The molecule has 0 saturated carbocycles. The summed E-state index contributed by atoms with van der Waals surface area (Å²) in [7, 11) is 1.38. The first-order valence-corrected chi connectivity index (χ1v) is 6.28. The highest BCUT2D eigenvalue weighted by atomic mass is 16.2. The molecular formula is C14H12N2O4. The van der Waals surface area contributed by atoms with Gasteiger partial charge >= 0.3 is 0 Å². The third-order valence-corrected chi connectivity index (χ3v) is 3.76. The topological polar surface area (TPSA) is 74.8 Å². The monoisotopic (exact) mass is 272 g/mol. The fourth-order valence-electron chi connectivity index (χ4n) is 2.57. The molecule has 20 heavy (non-hydrogen) atoms. The Morgan fingerprint density at radius 1 is 0.900 bits per heavy atom. The molecule has 0 aliphatic carbocycles. The number of benzene rings is 1. The highest BCUT2D eigenvalue weighted by molar-refractivity contribution is 6.24. The summed E-state index contributed by atoms with van der Waals surface area (Å²) < 4.78 is 0. The molecule has 0 saturated heterocycles. The maximum absolute atomic E-state index is 12.2. The fraction of sp³-hybridized carbons (Fsp3) is 0.286. The van der Waals surface area contributed by atoms with Crippen LogP contribution >= 0.6 is 0 Å². The number of carbonyl (C=O) groups excluding carboxylic acids is 4. The van der Waals surface area contributed by atoms with Gasteiger partial charge < -0.3 is 4.90 Å². The molecule has 0 spiro atoms. The van der Waals surface area contributed by atoms with Crippen molar-refractivity contribution in [2.24, 2.45) is 0 Å². The summed E-state index contributed by atoms with van der Waals surface area (Å²) in [6.45, 7) is 2.22. The minimum Gasteiger partial charge on any atom is -0.331 e. The van der Waals surface area contributed by atoms with Crippen LogP contribution in [0.2, 0.25) is 0 Å². The zero-order chi connectivity index (χ0) is 14.6. The molecule has 1 aromatic rings. The van der Waals surface area contributed by atoms with Gasteiger partial charge in [-0.3, -0.25) is 24.1 Å². The number of fused-ring (bicyclic) bond motifs is 2. The van der Waals surface area contributed by atoms with Crippen molar-refractivity contribution in [1.82, 2.24) is 9.80 Å². The molecule has 1 aromatic carbocycles. The van der Waals surface area contributed by atoms with Crippen molar-refractivity contribution in [3.05, 3.63) is 34.4 Å². The number of hydrogen-bond acceptors (Lipinski definition) is 4. The molecule has 3 rings (SSSR count). The molecule has 6 nitrogen and oxygen atoms in total. The summed E-state index contributed by atoms with van der Waals surface area (Å²) in [6.07, 6.45) is 0. The number of rotatable bonds is 1. The van der Waals surface area contributed by atoms with Crippen LogP contribution in [0, 0.1) is 0 Å². The highest BCUT2D eigenvalue weighted by Crippen LogP contribution is 2.28. The van der Waals surface area contributed by atoms with E-state index in [4.69, 9.17) is 0 Å². The Hall–Kier alpha value is -2.50. The van der Waals surface area contributed by atoms with Gasteiger partial charge in [0.25, 0.3) is 17.7 Å². The molecule has 2 aliphatic heterocycles. The Balaban J connectivity index is 2.23. The van der Waals surface area contributed by atoms with Gasteiger partial charge in [0.1, 0.15) is 0 Å². The number of nitrogens with zero attached hydrogens (tertiary/aromatic N) is 2. The Morgan fingerprint density at radius 2 is 1.40 bits per heavy atom. The van der Waals surface area contributed by atoms with Gasteiger partial charge in [0.2, 0.25) is 0 Å². The number of hydrogen-bond donors (Lipinski definition) is 0. The van der Waals surface area contributed by atoms with Crippen molar-refractivity contribution in [2.75, 3.05) is 20.1 Å². The Labute approximate surface area is 115 Å². The van der Waals surface area contributed by atoms with E-state index in [2.05, 4.69) is 0 Å². The van der Waals surface area contributed by atoms with Crippen LogP contribution < -0.4 is 0 Å². The molecule has 3 amide bonds. The summed E-state index contributed by atoms with van der Waals surface area (Å²) in [4.78, 5) is 50.5. The quantitative estimate of drug-likeness (QED) is 0.700. The van der Waals surface area contributed by atoms with Gasteiger partial charge in [0, 0.05) is 19.2 Å². The van der Waals surface area contributed by atoms with Gasteiger partial charge in [0.05, 0.1) is 23.2 Å². The van der Waals surface area contributed by atoms with Crippen molar-refractivity contribution in [3.8, 4) is 0 Å². The zero-order valence-electron chi connectivity index (χ0n) is 11.1. The Kier molecular flexibility index (Phi) is 2.50. The average Bonchev–Trinajstić information content (AvgIpc) is 2.66. The van der Waals surface area contributed by atoms with Gasteiger partial charge in [-0.15, -0.1) is 0 Å². The maximum Gasteiger partial charge on any atom is 0.261 e. The fourth-order valence-corrected chi connectivity index (χ4v) is 2.57. The van der Waals surface area contributed by atoms with E-state index in [9.17, 15) is 19.2 Å². The van der Waals surface area contributed by atoms with Crippen LogP contribution in [0.3, 0.4) is 0 Å². The smallest absolute Gasteiger partial charge is 0.261 e. The minimum atomic E-state index is -0.443. The van der Waals surface area contributed by atoms with E-state index < -0.39 is 11.8 Å². The third kappa shape index (κ3) is 1.44. The zero-order valence-corrected chi connectivity index (χ0v) is 11.1. The van der Waals surface area contributed by atoms with Crippen molar-refractivity contribution in [2.45, 2.75) is 6.92 Å². The standard InChI is InChI=1S/C14H12N2O4/c1-3-16-6-11(17)7-4-9-10(5-8(7)14(16)20)13(19)15(2)12(9)18/h4-5H,3,6H2,1-2H3. The van der Waals surface area contributed by atoms with Crippen LogP contribution in [-0.4, -0.2) is 53.4 Å². The molecule has 2 heterocycles. The largest absolute Gasteiger partial charge is 0.331 e. The second-order valence-corrected chi connectivity index (χ2v) is 4.86. The van der Waals surface area contributed by atoms with E-state index in [1.807, 2.05) is 0 Å². The first-order valence-electron chi connectivity index (χ1n) is 6.28. The predicted molar refractivity (Wildman–Crippen MR) is 68.8 cm³/mol. The molecule has 0 unspecified atom stereocenters. The lowest BCUT2D eigenvalue weighted by Gasteiger charge is -2.26. The van der Waals surface area contributed by atoms with Crippen LogP contribution in [0.4, 0.5) is 0 Å². The first-order chi connectivity index (χ1) is 9.45. The second-order valence-electron chi connectivity index (χ2n) is 4.86. The van der Waals surface area contributed by atoms with Crippen molar-refractivity contribution < 1.29 is 19.2 Å². The van der Waals surface area contributed by atoms with Gasteiger partial charge in [-0.1, -0.05) is 0 Å². The Morgan fingerprint density at radius 3 is 1.95 bits per heavy atom. The van der Waals surface area contributed by atoms with Gasteiger partial charge in [0.15, 0.2) is 5.78 Å². The number of Topliss-reactive ketones (excluding diaryl/α,β-unsaturated/α-hetero) is 1. The van der Waals surface area contributed by atoms with Gasteiger partial charge in [-0.2, -0.15) is 0 Å². The van der Waals surface area contributed by atoms with Crippen molar-refractivity contribution in [1.29, 1.82) is 0 Å². The third-order valence-electron chi connectivity index (χ3n) is 3.76. The molecule has 0 radical (unpaired) electrons. The SMILES string of the molecule is CCN1CC(=O)c2cc3c(cc2C1=O)C(=O)N(C)C3=O. The van der Waals surface area contributed by atoms with E-state index in [1.165, 1.54) is 24.1 Å². The van der Waals surface area contributed by atoms with Crippen LogP contribution in [0.1, 0.15) is 48.4 Å². The minimum absolute atomic E-state index is 0.0130. The second kappa shape index (κ2) is 4.00. The number of likely N-dealkylation sites (N-methyl/N-ethyl adjacent to an activating group) is 1. The highest BCUT2D eigenvalue weighted by Gasteiger charge is 2.38. The van der Waals surface area contributed by atoms with E-state index >= 15 is 0 Å². The summed E-state index contributed by atoms with van der Waals surface area (Å²) in [6, 6.07) is 2.75. The van der Waals surface area contributed by atoms with Crippen molar-refractivity contribution in [3.63, 3.8) is 0 Å². The van der Waals surface area contributed by atoms with E-state index in [-0.39, 0.29) is 40.5 Å². The van der Waals surface area contributed by atoms with Crippen LogP contribution in [0.5, 0.6) is 0 Å². The Bertz CT molecular complexity index is 693. The number of ketones is 1. The lowest BCUT2D eigenvalue weighted by Crippen LogP contribution is -2.41. The molecule has 2 aliphatic rings. The molecular weight excluding hydrogens is 260 g/mol. The molecule has 6 heteroatoms. The maximum atomic E-state index is 12.2. The predicted octanol–water partition coefficient (Wildman–Crippen LogP) is 0.571. The average molecular weight is 272 g/mol. The van der Waals surface area contributed by atoms with E-state index in [0.29, 0.717) is 6.54 Å². The van der Waals surface area contributed by atoms with Gasteiger partial charge in [-0.05, 0) is 19.1 Å². The van der Waals surface area contributed by atoms with Crippen LogP contribution in [-0.2, 0) is 0 Å². The van der Waals surface area contributed by atoms with Gasteiger partial charge in [-0.25, -0.2) is 0 Å². The molecule has 0 aromatic heterocycles. The summed E-state index contributed by atoms with van der Waals surface area (Å²) in [5, 5.41) is 0. The molecule has 102 valence electrons. The molecule has 0 bridgehead atoms. The molecule has 0 atom stereocenters. The molecule has 0 fully saturated rings. The number of carbonyl (C=O) groups is 4. The van der Waals surface area contributed by atoms with Crippen LogP contribution in [0.25, 0.3) is 0 Å². The number of imide groups is 1. The lowest BCUT2D eigenvalue weighted by atomic mass is 9.93. The normalized spacial score (nSPS) is 17.7. The summed E-state index contributed by atoms with van der Waals surface area (Å²) >= 11 is 0. The van der Waals surface area contributed by atoms with E-state index in [1.54, 1.807) is 6.92 Å². The van der Waals surface area contributed by atoms with E-state index in [0.717, 1.165) is 4.90 Å². The van der Waals surface area contributed by atoms with Crippen LogP contribution in [0.15, 0.2) is 12.1 Å². The first kappa shape index (κ1) is 12.5. The summed E-state index contributed by atoms with van der Waals surface area (Å²) in [5.41, 5.74) is 0.825. The molecule has 0 N–H and O–H groups in total.